The highest BCUT2D eigenvalue weighted by atomic mass is 32.2. The molecule has 1 unspecified atom stereocenters. The molecule has 0 radical (unpaired) electrons. The van der Waals surface area contributed by atoms with Crippen LogP contribution in [-0.2, 0) is 14.4 Å². The summed E-state index contributed by atoms with van der Waals surface area (Å²) in [7, 11) is 1.88. The van der Waals surface area contributed by atoms with Crippen molar-refractivity contribution in [1.29, 1.82) is 0 Å². The molecule has 2 fully saturated rings. The van der Waals surface area contributed by atoms with Gasteiger partial charge < -0.3 is 10.2 Å². The van der Waals surface area contributed by atoms with Crippen LogP contribution in [0.1, 0.15) is 46.0 Å². The molecule has 0 bridgehead atoms. The normalized spacial score (nSPS) is 21.4. The Morgan fingerprint density at radius 1 is 1.20 bits per heavy atom. The second kappa shape index (κ2) is 9.22. The molecule has 0 aromatic rings. The van der Waals surface area contributed by atoms with E-state index in [0.29, 0.717) is 5.17 Å². The van der Waals surface area contributed by atoms with E-state index in [0.717, 1.165) is 44.4 Å². The largest absolute Gasteiger partial charge is 0.352 e. The van der Waals surface area contributed by atoms with Crippen LogP contribution in [0.15, 0.2) is 5.10 Å². The smallest absolute Gasteiger partial charge is 0.309 e. The Balaban J connectivity index is 1.94. The third-order valence-electron chi connectivity index (χ3n) is 4.68. The predicted molar refractivity (Wildman–Crippen MR) is 99.0 cm³/mol. The molecule has 2 rings (SSSR count). The van der Waals surface area contributed by atoms with E-state index in [1.165, 1.54) is 11.8 Å². The van der Waals surface area contributed by atoms with Gasteiger partial charge in [-0.3, -0.25) is 14.4 Å². The van der Waals surface area contributed by atoms with Crippen LogP contribution in [0.3, 0.4) is 0 Å². The first kappa shape index (κ1) is 19.8. The van der Waals surface area contributed by atoms with Gasteiger partial charge in [0.05, 0.1) is 6.04 Å². The molecule has 140 valence electrons. The molecule has 7 nitrogen and oxygen atoms in total. The molecule has 1 aliphatic carbocycles. The second-order valence-corrected chi connectivity index (χ2v) is 8.10. The molecule has 1 aliphatic heterocycles. The van der Waals surface area contributed by atoms with Crippen molar-refractivity contribution in [2.75, 3.05) is 19.3 Å². The highest BCUT2D eigenvalue weighted by Crippen LogP contribution is 2.24. The molecule has 0 spiro atoms. The fourth-order valence-electron chi connectivity index (χ4n) is 3.06. The Morgan fingerprint density at radius 2 is 1.88 bits per heavy atom. The van der Waals surface area contributed by atoms with E-state index in [1.54, 1.807) is 0 Å². The topological polar surface area (TPSA) is 90.9 Å². The lowest BCUT2D eigenvalue weighted by Crippen LogP contribution is -2.51. The number of nitrogens with one attached hydrogen (secondary N) is 2. The van der Waals surface area contributed by atoms with Gasteiger partial charge in [-0.05, 0) is 18.8 Å². The first-order chi connectivity index (χ1) is 11.9. The molecule has 1 heterocycles. The second-order valence-electron chi connectivity index (χ2n) is 7.03. The highest BCUT2D eigenvalue weighted by molar-refractivity contribution is 8.14. The van der Waals surface area contributed by atoms with Gasteiger partial charge in [0, 0.05) is 25.3 Å². The van der Waals surface area contributed by atoms with Gasteiger partial charge >= 0.3 is 5.91 Å². The third kappa shape index (κ3) is 5.45. The van der Waals surface area contributed by atoms with Crippen LogP contribution in [0.5, 0.6) is 0 Å². The number of thioether (sulfide) groups is 1. The monoisotopic (exact) mass is 368 g/mol. The van der Waals surface area contributed by atoms with Crippen LogP contribution in [0.25, 0.3) is 0 Å². The Kier molecular flexibility index (Phi) is 7.28. The third-order valence-corrected chi connectivity index (χ3v) is 5.73. The zero-order valence-corrected chi connectivity index (χ0v) is 16.0. The maximum absolute atomic E-state index is 12.5. The summed E-state index contributed by atoms with van der Waals surface area (Å²) >= 11 is 1.53. The van der Waals surface area contributed by atoms with E-state index in [9.17, 15) is 14.4 Å². The Morgan fingerprint density at radius 3 is 2.44 bits per heavy atom. The number of carbonyl (C=O) groups is 3. The molecule has 1 atom stereocenters. The maximum Gasteiger partial charge on any atom is 0.309 e. The summed E-state index contributed by atoms with van der Waals surface area (Å²) < 4.78 is 0. The van der Waals surface area contributed by atoms with Crippen molar-refractivity contribution in [2.24, 2.45) is 16.9 Å². The lowest BCUT2D eigenvalue weighted by Gasteiger charge is -2.25. The Hall–Kier alpha value is -1.57. The number of rotatable bonds is 6. The molecule has 2 aliphatic rings. The number of hydrogen-bond donors (Lipinski definition) is 2. The number of nitrogens with zero attached hydrogens (tertiary/aromatic N) is 2. The van der Waals surface area contributed by atoms with Crippen LogP contribution in [-0.4, -0.2) is 53.1 Å². The van der Waals surface area contributed by atoms with Gasteiger partial charge in [0.1, 0.15) is 0 Å². The molecule has 1 saturated heterocycles. The highest BCUT2D eigenvalue weighted by Gasteiger charge is 2.32. The minimum absolute atomic E-state index is 0.0466. The molecule has 8 heteroatoms. The zero-order valence-electron chi connectivity index (χ0n) is 15.2. The van der Waals surface area contributed by atoms with Crippen molar-refractivity contribution >= 4 is 34.5 Å². The van der Waals surface area contributed by atoms with Gasteiger partial charge in [-0.1, -0.05) is 44.9 Å². The molecular weight excluding hydrogens is 340 g/mol. The van der Waals surface area contributed by atoms with Gasteiger partial charge in [-0.2, -0.15) is 0 Å². The Labute approximate surface area is 153 Å². The number of carbonyl (C=O) groups excluding carboxylic acids is 3. The van der Waals surface area contributed by atoms with Crippen molar-refractivity contribution in [1.82, 2.24) is 15.6 Å². The van der Waals surface area contributed by atoms with E-state index < -0.39 is 17.7 Å². The van der Waals surface area contributed by atoms with Crippen molar-refractivity contribution in [3.63, 3.8) is 0 Å². The van der Waals surface area contributed by atoms with Crippen molar-refractivity contribution in [3.05, 3.63) is 0 Å². The van der Waals surface area contributed by atoms with Gasteiger partial charge in [0.15, 0.2) is 5.17 Å². The van der Waals surface area contributed by atoms with Crippen LogP contribution in [0, 0.1) is 11.8 Å². The molecule has 2 amide bonds. The molecule has 0 aromatic heterocycles. The number of hydrogen-bond acceptors (Lipinski definition) is 5. The summed E-state index contributed by atoms with van der Waals surface area (Å²) in [4.78, 5) is 39.0. The van der Waals surface area contributed by atoms with E-state index in [4.69, 9.17) is 0 Å². The van der Waals surface area contributed by atoms with Gasteiger partial charge in [0.25, 0.3) is 0 Å². The van der Waals surface area contributed by atoms with Crippen LogP contribution in [0.2, 0.25) is 0 Å². The van der Waals surface area contributed by atoms with Gasteiger partial charge in [-0.25, -0.2) is 5.43 Å². The van der Waals surface area contributed by atoms with Crippen molar-refractivity contribution in [2.45, 2.75) is 52.0 Å². The van der Waals surface area contributed by atoms with E-state index in [2.05, 4.69) is 15.8 Å². The summed E-state index contributed by atoms with van der Waals surface area (Å²) in [6, 6.07) is -0.816. The summed E-state index contributed by atoms with van der Waals surface area (Å²) in [5.74, 6) is -0.843. The maximum atomic E-state index is 12.5. The molecule has 1 saturated carbocycles. The van der Waals surface area contributed by atoms with Gasteiger partial charge in [0.2, 0.25) is 11.7 Å². The minimum Gasteiger partial charge on any atom is -0.352 e. The lowest BCUT2D eigenvalue weighted by atomic mass is 9.88. The molecule has 25 heavy (non-hydrogen) atoms. The average molecular weight is 369 g/mol. The Bertz CT molecular complexity index is 544. The fraction of sp³-hybridized carbons (Fsp3) is 0.765. The SMILES string of the molecule is CC(C)C(NC(=O)C1CCCCC1)C(=O)C(=O)NN=C1SCCN1C. The average Bonchev–Trinajstić information content (AvgIpc) is 3.02. The van der Waals surface area contributed by atoms with E-state index >= 15 is 0 Å². The summed E-state index contributed by atoms with van der Waals surface area (Å²) in [6.45, 7) is 4.51. The zero-order chi connectivity index (χ0) is 18.4. The van der Waals surface area contributed by atoms with Crippen molar-refractivity contribution in [3.8, 4) is 0 Å². The predicted octanol–water partition coefficient (Wildman–Crippen LogP) is 1.34. The summed E-state index contributed by atoms with van der Waals surface area (Å²) in [6.07, 6.45) is 4.96. The fourth-order valence-corrected chi connectivity index (χ4v) is 4.03. The molecule has 0 aromatic carbocycles. The van der Waals surface area contributed by atoms with Gasteiger partial charge in [-0.15, -0.1) is 5.10 Å². The first-order valence-corrected chi connectivity index (χ1v) is 9.95. The van der Waals surface area contributed by atoms with Crippen LogP contribution in [0.4, 0.5) is 0 Å². The summed E-state index contributed by atoms with van der Waals surface area (Å²) in [5, 5.41) is 7.49. The van der Waals surface area contributed by atoms with Crippen LogP contribution >= 0.6 is 11.8 Å². The number of amidine groups is 1. The van der Waals surface area contributed by atoms with Crippen molar-refractivity contribution < 1.29 is 14.4 Å². The van der Waals surface area contributed by atoms with E-state index in [1.807, 2.05) is 25.8 Å². The molecular formula is C17H28N4O3S. The number of ketones is 1. The number of hydrazone groups is 1. The number of amides is 2. The van der Waals surface area contributed by atoms with Crippen LogP contribution < -0.4 is 10.7 Å². The molecule has 2 N–H and O–H groups in total. The minimum atomic E-state index is -0.816. The standard InChI is InChI=1S/C17H28N4O3S/c1-11(2)13(18-15(23)12-7-5-4-6-8-12)14(22)16(24)19-20-17-21(3)9-10-25-17/h11-13H,4-10H2,1-3H3,(H,18,23)(H,19,24). The number of Topliss-reactive ketones (excluding diaryl/α,β-unsaturated/α-hetero) is 1. The lowest BCUT2D eigenvalue weighted by molar-refractivity contribution is -0.141. The summed E-state index contributed by atoms with van der Waals surface area (Å²) in [5.41, 5.74) is 2.33. The quantitative estimate of drug-likeness (QED) is 0.545. The van der Waals surface area contributed by atoms with E-state index in [-0.39, 0.29) is 17.7 Å². The first-order valence-electron chi connectivity index (χ1n) is 8.96.